The van der Waals surface area contributed by atoms with Gasteiger partial charge in [-0.1, -0.05) is 6.07 Å². The summed E-state index contributed by atoms with van der Waals surface area (Å²) in [5.74, 6) is 0.615. The van der Waals surface area contributed by atoms with Crippen LogP contribution in [-0.4, -0.2) is 29.2 Å². The molecule has 3 heterocycles. The molecule has 17 heavy (non-hydrogen) atoms. The molecule has 5 heteroatoms. The summed E-state index contributed by atoms with van der Waals surface area (Å²) in [5, 5.41) is 5.30. The van der Waals surface area contributed by atoms with E-state index in [9.17, 15) is 0 Å². The monoisotopic (exact) mass is 247 g/mol. The second-order valence-corrected chi connectivity index (χ2v) is 4.90. The molecule has 1 unspecified atom stereocenters. The Balaban J connectivity index is 1.79. The maximum Gasteiger partial charge on any atom is 0.233 e. The average molecular weight is 247 g/mol. The van der Waals surface area contributed by atoms with E-state index in [1.807, 2.05) is 17.5 Å². The van der Waals surface area contributed by atoms with Crippen LogP contribution in [-0.2, 0) is 0 Å². The zero-order valence-corrected chi connectivity index (χ0v) is 10.1. The van der Waals surface area contributed by atoms with Gasteiger partial charge in [0.25, 0.3) is 0 Å². The minimum absolute atomic E-state index is 0.225. The molecule has 1 aliphatic rings. The molecule has 2 aromatic rings. The van der Waals surface area contributed by atoms with Crippen LogP contribution in [0.3, 0.4) is 0 Å². The van der Waals surface area contributed by atoms with E-state index in [0.717, 1.165) is 30.1 Å². The van der Waals surface area contributed by atoms with Gasteiger partial charge in [0.05, 0.1) is 17.3 Å². The lowest BCUT2D eigenvalue weighted by Crippen LogP contribution is -2.20. The SMILES string of the molecule is c1csc(-c2cncc(OC3CCNC3)n2)c1. The van der Waals surface area contributed by atoms with Crippen LogP contribution in [0.25, 0.3) is 10.6 Å². The lowest BCUT2D eigenvalue weighted by atomic mass is 10.3. The van der Waals surface area contributed by atoms with Gasteiger partial charge in [0.2, 0.25) is 5.88 Å². The third-order valence-electron chi connectivity index (χ3n) is 2.69. The average Bonchev–Trinajstić information content (AvgIpc) is 3.01. The van der Waals surface area contributed by atoms with Crippen LogP contribution in [0.2, 0.25) is 0 Å². The van der Waals surface area contributed by atoms with Crippen molar-refractivity contribution >= 4 is 11.3 Å². The summed E-state index contributed by atoms with van der Waals surface area (Å²) in [6.07, 6.45) is 4.70. The van der Waals surface area contributed by atoms with Gasteiger partial charge in [-0.2, -0.15) is 0 Å². The highest BCUT2D eigenvalue weighted by Crippen LogP contribution is 2.23. The number of thiophene rings is 1. The Bertz CT molecular complexity index is 480. The highest BCUT2D eigenvalue weighted by atomic mass is 32.1. The van der Waals surface area contributed by atoms with Gasteiger partial charge in [-0.25, -0.2) is 4.98 Å². The van der Waals surface area contributed by atoms with Crippen molar-refractivity contribution in [3.8, 4) is 16.5 Å². The molecule has 0 amide bonds. The minimum atomic E-state index is 0.225. The lowest BCUT2D eigenvalue weighted by Gasteiger charge is -2.11. The summed E-state index contributed by atoms with van der Waals surface area (Å²) in [5.41, 5.74) is 0.878. The molecule has 0 aromatic carbocycles. The molecular weight excluding hydrogens is 234 g/mol. The molecule has 1 N–H and O–H groups in total. The van der Waals surface area contributed by atoms with Crippen LogP contribution < -0.4 is 10.1 Å². The van der Waals surface area contributed by atoms with Gasteiger partial charge < -0.3 is 10.1 Å². The first kappa shape index (κ1) is 10.7. The summed E-state index contributed by atoms with van der Waals surface area (Å²) < 4.78 is 5.78. The molecule has 0 radical (unpaired) electrons. The van der Waals surface area contributed by atoms with Crippen LogP contribution in [0.4, 0.5) is 0 Å². The van der Waals surface area contributed by atoms with Crippen LogP contribution in [0, 0.1) is 0 Å². The largest absolute Gasteiger partial charge is 0.472 e. The predicted molar refractivity (Wildman–Crippen MR) is 67.2 cm³/mol. The summed E-state index contributed by atoms with van der Waals surface area (Å²) in [6, 6.07) is 4.05. The Morgan fingerprint density at radius 2 is 2.41 bits per heavy atom. The number of nitrogens with one attached hydrogen (secondary N) is 1. The van der Waals surface area contributed by atoms with Gasteiger partial charge in [0.15, 0.2) is 0 Å². The summed E-state index contributed by atoms with van der Waals surface area (Å²) in [7, 11) is 0. The van der Waals surface area contributed by atoms with Crippen molar-refractivity contribution in [2.75, 3.05) is 13.1 Å². The van der Waals surface area contributed by atoms with E-state index in [0.29, 0.717) is 5.88 Å². The number of hydrogen-bond donors (Lipinski definition) is 1. The third-order valence-corrected chi connectivity index (χ3v) is 3.58. The Hall–Kier alpha value is -1.46. The van der Waals surface area contributed by atoms with Crippen molar-refractivity contribution in [3.63, 3.8) is 0 Å². The van der Waals surface area contributed by atoms with Gasteiger partial charge in [-0.3, -0.25) is 4.98 Å². The molecule has 3 rings (SSSR count). The van der Waals surface area contributed by atoms with Gasteiger partial charge >= 0.3 is 0 Å². The van der Waals surface area contributed by atoms with Crippen molar-refractivity contribution < 1.29 is 4.74 Å². The standard InChI is InChI=1S/C12H13N3OS/c1-2-11(17-5-1)10-7-14-8-12(15-10)16-9-3-4-13-6-9/h1-2,5,7-9,13H,3-4,6H2. The molecule has 0 spiro atoms. The van der Waals surface area contributed by atoms with Gasteiger partial charge in [-0.15, -0.1) is 11.3 Å². The molecule has 0 saturated carbocycles. The van der Waals surface area contributed by atoms with E-state index >= 15 is 0 Å². The molecule has 4 nitrogen and oxygen atoms in total. The quantitative estimate of drug-likeness (QED) is 0.900. The molecule has 88 valence electrons. The first-order chi connectivity index (χ1) is 8.42. The maximum atomic E-state index is 5.78. The van der Waals surface area contributed by atoms with E-state index in [4.69, 9.17) is 4.74 Å². The van der Waals surface area contributed by atoms with Crippen molar-refractivity contribution in [2.45, 2.75) is 12.5 Å². The van der Waals surface area contributed by atoms with Crippen molar-refractivity contribution in [3.05, 3.63) is 29.9 Å². The fourth-order valence-corrected chi connectivity index (χ4v) is 2.53. The lowest BCUT2D eigenvalue weighted by molar-refractivity contribution is 0.213. The van der Waals surface area contributed by atoms with Crippen molar-refractivity contribution in [1.82, 2.24) is 15.3 Å². The number of aromatic nitrogens is 2. The second-order valence-electron chi connectivity index (χ2n) is 3.95. The van der Waals surface area contributed by atoms with Crippen LogP contribution >= 0.6 is 11.3 Å². The molecular formula is C12H13N3OS. The number of hydrogen-bond acceptors (Lipinski definition) is 5. The number of ether oxygens (including phenoxy) is 1. The molecule has 0 aliphatic carbocycles. The van der Waals surface area contributed by atoms with E-state index in [1.165, 1.54) is 0 Å². The summed E-state index contributed by atoms with van der Waals surface area (Å²) >= 11 is 1.66. The van der Waals surface area contributed by atoms with Crippen molar-refractivity contribution in [2.24, 2.45) is 0 Å². The fraction of sp³-hybridized carbons (Fsp3) is 0.333. The molecule has 2 aromatic heterocycles. The van der Waals surface area contributed by atoms with Crippen LogP contribution in [0.1, 0.15) is 6.42 Å². The highest BCUT2D eigenvalue weighted by Gasteiger charge is 2.16. The Morgan fingerprint density at radius 3 is 3.18 bits per heavy atom. The molecule has 1 saturated heterocycles. The zero-order chi connectivity index (χ0) is 11.5. The van der Waals surface area contributed by atoms with Crippen molar-refractivity contribution in [1.29, 1.82) is 0 Å². The Morgan fingerprint density at radius 1 is 1.41 bits per heavy atom. The Labute approximate surface area is 104 Å². The zero-order valence-electron chi connectivity index (χ0n) is 9.30. The molecule has 1 fully saturated rings. The van der Waals surface area contributed by atoms with Gasteiger partial charge in [0.1, 0.15) is 11.8 Å². The van der Waals surface area contributed by atoms with Gasteiger partial charge in [-0.05, 0) is 24.4 Å². The predicted octanol–water partition coefficient (Wildman–Crippen LogP) is 1.95. The summed E-state index contributed by atoms with van der Waals surface area (Å²) in [4.78, 5) is 9.78. The van der Waals surface area contributed by atoms with Gasteiger partial charge in [0, 0.05) is 6.54 Å². The maximum absolute atomic E-state index is 5.78. The number of rotatable bonds is 3. The minimum Gasteiger partial charge on any atom is -0.472 e. The molecule has 1 aliphatic heterocycles. The first-order valence-corrected chi connectivity index (χ1v) is 6.53. The fourth-order valence-electron chi connectivity index (χ4n) is 1.85. The third kappa shape index (κ3) is 2.45. The van der Waals surface area contributed by atoms with Crippen LogP contribution in [0.5, 0.6) is 5.88 Å². The summed E-state index contributed by atoms with van der Waals surface area (Å²) in [6.45, 7) is 1.91. The first-order valence-electron chi connectivity index (χ1n) is 5.65. The normalized spacial score (nSPS) is 19.4. The molecule has 1 atom stereocenters. The number of nitrogens with zero attached hydrogens (tertiary/aromatic N) is 2. The topological polar surface area (TPSA) is 47.0 Å². The van der Waals surface area contributed by atoms with E-state index < -0.39 is 0 Å². The van der Waals surface area contributed by atoms with E-state index in [1.54, 1.807) is 23.7 Å². The van der Waals surface area contributed by atoms with E-state index in [2.05, 4.69) is 15.3 Å². The molecule has 0 bridgehead atoms. The second kappa shape index (κ2) is 4.81. The highest BCUT2D eigenvalue weighted by molar-refractivity contribution is 7.13. The smallest absolute Gasteiger partial charge is 0.233 e. The van der Waals surface area contributed by atoms with E-state index in [-0.39, 0.29) is 6.10 Å². The Kier molecular flexibility index (Phi) is 3.02. The van der Waals surface area contributed by atoms with Crippen LogP contribution in [0.15, 0.2) is 29.9 Å².